The van der Waals surface area contributed by atoms with Gasteiger partial charge in [-0.05, 0) is 48.9 Å². The molecule has 2 nitrogen and oxygen atoms in total. The van der Waals surface area contributed by atoms with Crippen LogP contribution in [0.1, 0.15) is 36.8 Å². The van der Waals surface area contributed by atoms with Crippen LogP contribution in [0.3, 0.4) is 0 Å². The van der Waals surface area contributed by atoms with Crippen LogP contribution in [0.15, 0.2) is 18.2 Å². The molecular formula is C15H21NO. The van der Waals surface area contributed by atoms with Crippen molar-refractivity contribution in [2.75, 3.05) is 19.7 Å². The number of nitrogens with one attached hydrogen (secondary N) is 1. The molecule has 2 heteroatoms. The minimum absolute atomic E-state index is 0.724. The summed E-state index contributed by atoms with van der Waals surface area (Å²) in [7, 11) is 0. The summed E-state index contributed by atoms with van der Waals surface area (Å²) in [4.78, 5) is 0. The quantitative estimate of drug-likeness (QED) is 0.860. The topological polar surface area (TPSA) is 21.3 Å². The van der Waals surface area contributed by atoms with Gasteiger partial charge in [0.15, 0.2) is 0 Å². The highest BCUT2D eigenvalue weighted by Crippen LogP contribution is 2.47. The van der Waals surface area contributed by atoms with Gasteiger partial charge in [-0.3, -0.25) is 0 Å². The van der Waals surface area contributed by atoms with Gasteiger partial charge in [-0.15, -0.1) is 0 Å². The molecule has 1 saturated carbocycles. The molecule has 17 heavy (non-hydrogen) atoms. The summed E-state index contributed by atoms with van der Waals surface area (Å²) in [6.45, 7) is 5.28. The van der Waals surface area contributed by atoms with Crippen molar-refractivity contribution in [3.8, 4) is 5.75 Å². The molecule has 0 amide bonds. The fourth-order valence-electron chi connectivity index (χ4n) is 3.09. The van der Waals surface area contributed by atoms with Crippen molar-refractivity contribution in [2.24, 2.45) is 5.92 Å². The Morgan fingerprint density at radius 3 is 3.06 bits per heavy atom. The van der Waals surface area contributed by atoms with Gasteiger partial charge in [-0.1, -0.05) is 25.1 Å². The second-order valence-electron chi connectivity index (χ2n) is 5.19. The molecule has 2 atom stereocenters. The zero-order chi connectivity index (χ0) is 11.7. The predicted octanol–water partition coefficient (Wildman–Crippen LogP) is 2.72. The Morgan fingerprint density at radius 2 is 2.29 bits per heavy atom. The summed E-state index contributed by atoms with van der Waals surface area (Å²) in [6.07, 6.45) is 3.78. The number of para-hydroxylation sites is 1. The lowest BCUT2D eigenvalue weighted by Crippen LogP contribution is -2.33. The lowest BCUT2D eigenvalue weighted by molar-refractivity contribution is 0.240. The molecule has 0 spiro atoms. The molecule has 0 saturated heterocycles. The number of ether oxygens (including phenoxy) is 1. The van der Waals surface area contributed by atoms with Gasteiger partial charge in [0.1, 0.15) is 5.75 Å². The van der Waals surface area contributed by atoms with Gasteiger partial charge in [-0.25, -0.2) is 0 Å². The lowest BCUT2D eigenvalue weighted by atomic mass is 9.69. The molecule has 0 bridgehead atoms. The third-order valence-electron chi connectivity index (χ3n) is 4.22. The molecule has 1 aliphatic carbocycles. The van der Waals surface area contributed by atoms with E-state index in [-0.39, 0.29) is 0 Å². The number of benzene rings is 1. The lowest BCUT2D eigenvalue weighted by Gasteiger charge is -2.37. The first-order valence-corrected chi connectivity index (χ1v) is 6.85. The summed E-state index contributed by atoms with van der Waals surface area (Å²) < 4.78 is 5.82. The summed E-state index contributed by atoms with van der Waals surface area (Å²) in [6, 6.07) is 6.68. The van der Waals surface area contributed by atoms with Crippen molar-refractivity contribution in [1.82, 2.24) is 5.32 Å². The Bertz CT molecular complexity index is 402. The third kappa shape index (κ3) is 1.95. The molecule has 1 aliphatic heterocycles. The third-order valence-corrected chi connectivity index (χ3v) is 4.22. The number of fused-ring (bicyclic) bond motifs is 1. The second-order valence-corrected chi connectivity index (χ2v) is 5.19. The fraction of sp³-hybridized carbons (Fsp3) is 0.600. The Morgan fingerprint density at radius 1 is 1.35 bits per heavy atom. The van der Waals surface area contributed by atoms with E-state index in [2.05, 4.69) is 30.4 Å². The van der Waals surface area contributed by atoms with Gasteiger partial charge in [-0.2, -0.15) is 0 Å². The summed E-state index contributed by atoms with van der Waals surface area (Å²) >= 11 is 0. The van der Waals surface area contributed by atoms with E-state index in [1.165, 1.54) is 29.7 Å². The van der Waals surface area contributed by atoms with Crippen molar-refractivity contribution in [1.29, 1.82) is 0 Å². The van der Waals surface area contributed by atoms with Crippen molar-refractivity contribution in [3.05, 3.63) is 29.3 Å². The highest BCUT2D eigenvalue weighted by atomic mass is 16.5. The maximum atomic E-state index is 5.82. The van der Waals surface area contributed by atoms with Crippen LogP contribution in [0.2, 0.25) is 0 Å². The summed E-state index contributed by atoms with van der Waals surface area (Å²) in [5, 5.41) is 3.48. The van der Waals surface area contributed by atoms with E-state index < -0.39 is 0 Å². The summed E-state index contributed by atoms with van der Waals surface area (Å²) in [5.41, 5.74) is 2.88. The Labute approximate surface area is 103 Å². The van der Waals surface area contributed by atoms with Crippen LogP contribution in [0, 0.1) is 5.92 Å². The highest BCUT2D eigenvalue weighted by Gasteiger charge is 2.34. The van der Waals surface area contributed by atoms with Gasteiger partial charge < -0.3 is 10.1 Å². The van der Waals surface area contributed by atoms with E-state index in [0.717, 1.165) is 38.0 Å². The minimum atomic E-state index is 0.724. The zero-order valence-electron chi connectivity index (χ0n) is 10.5. The Balaban J connectivity index is 1.78. The second kappa shape index (κ2) is 4.69. The molecule has 0 aromatic heterocycles. The first-order chi connectivity index (χ1) is 8.40. The molecule has 1 aromatic rings. The van der Waals surface area contributed by atoms with Gasteiger partial charge in [0.05, 0.1) is 6.61 Å². The molecule has 92 valence electrons. The van der Waals surface area contributed by atoms with E-state index in [9.17, 15) is 0 Å². The predicted molar refractivity (Wildman–Crippen MR) is 69.6 cm³/mol. The van der Waals surface area contributed by atoms with E-state index >= 15 is 0 Å². The van der Waals surface area contributed by atoms with Crippen LogP contribution in [-0.2, 0) is 6.42 Å². The smallest absolute Gasteiger partial charge is 0.126 e. The SMILES string of the molecule is CCNCC1CCC1c1cccc2c1OCC2. The number of rotatable bonds is 4. The Kier molecular flexibility index (Phi) is 3.06. The van der Waals surface area contributed by atoms with Crippen LogP contribution in [0.5, 0.6) is 5.75 Å². The van der Waals surface area contributed by atoms with Crippen LogP contribution in [0.25, 0.3) is 0 Å². The first-order valence-electron chi connectivity index (χ1n) is 6.85. The molecule has 1 heterocycles. The van der Waals surface area contributed by atoms with Gasteiger partial charge in [0, 0.05) is 6.42 Å². The van der Waals surface area contributed by atoms with Crippen LogP contribution < -0.4 is 10.1 Å². The molecule has 1 N–H and O–H groups in total. The minimum Gasteiger partial charge on any atom is -0.493 e. The normalized spacial score (nSPS) is 26.2. The number of hydrogen-bond donors (Lipinski definition) is 1. The van der Waals surface area contributed by atoms with E-state index in [1.807, 2.05) is 0 Å². The van der Waals surface area contributed by atoms with Crippen molar-refractivity contribution in [3.63, 3.8) is 0 Å². The van der Waals surface area contributed by atoms with Crippen molar-refractivity contribution >= 4 is 0 Å². The monoisotopic (exact) mass is 231 g/mol. The van der Waals surface area contributed by atoms with Crippen LogP contribution in [0.4, 0.5) is 0 Å². The standard InChI is InChI=1S/C15H21NO/c1-2-16-10-12-6-7-13(12)14-5-3-4-11-8-9-17-15(11)14/h3-5,12-13,16H,2,6-10H2,1H3. The van der Waals surface area contributed by atoms with E-state index in [4.69, 9.17) is 4.74 Å². The molecule has 2 aliphatic rings. The largest absolute Gasteiger partial charge is 0.493 e. The molecular weight excluding hydrogens is 210 g/mol. The zero-order valence-corrected chi connectivity index (χ0v) is 10.5. The first kappa shape index (κ1) is 11.1. The highest BCUT2D eigenvalue weighted by molar-refractivity contribution is 5.46. The molecule has 3 rings (SSSR count). The maximum absolute atomic E-state index is 5.82. The summed E-state index contributed by atoms with van der Waals surface area (Å²) in [5.74, 6) is 2.74. The van der Waals surface area contributed by atoms with E-state index in [0.29, 0.717) is 0 Å². The van der Waals surface area contributed by atoms with Crippen LogP contribution >= 0.6 is 0 Å². The molecule has 1 fully saturated rings. The van der Waals surface area contributed by atoms with Gasteiger partial charge in [0.2, 0.25) is 0 Å². The van der Waals surface area contributed by atoms with Gasteiger partial charge in [0.25, 0.3) is 0 Å². The molecule has 2 unspecified atom stereocenters. The average molecular weight is 231 g/mol. The van der Waals surface area contributed by atoms with Crippen molar-refractivity contribution < 1.29 is 4.74 Å². The molecule has 0 radical (unpaired) electrons. The number of hydrogen-bond acceptors (Lipinski definition) is 2. The molecule has 1 aromatic carbocycles. The maximum Gasteiger partial charge on any atom is 0.126 e. The average Bonchev–Trinajstić information content (AvgIpc) is 2.77. The van der Waals surface area contributed by atoms with Crippen molar-refractivity contribution in [2.45, 2.75) is 32.1 Å². The van der Waals surface area contributed by atoms with Gasteiger partial charge >= 0.3 is 0 Å². The van der Waals surface area contributed by atoms with Crippen LogP contribution in [-0.4, -0.2) is 19.7 Å². The fourth-order valence-corrected chi connectivity index (χ4v) is 3.09. The Hall–Kier alpha value is -1.02. The van der Waals surface area contributed by atoms with E-state index in [1.54, 1.807) is 0 Å².